The number of aromatic nitrogens is 3. The summed E-state index contributed by atoms with van der Waals surface area (Å²) in [5.41, 5.74) is 1.66. The van der Waals surface area contributed by atoms with Crippen LogP contribution in [0.4, 0.5) is 11.5 Å². The Morgan fingerprint density at radius 1 is 1.12 bits per heavy atom. The standard InChI is InChI=1S/C26H25N5O3/c1-3-25(32)31-10-7-20(8-11-31)34-24-13-21-22(14-23(24)33-2)28-16-29-26(21)30-19-5-4-18-15-27-9-6-17(18)12-19/h3-6,9,12-16,20H,1,7-8,10-11H2,2H3,(H,28,29,30). The molecule has 0 aliphatic carbocycles. The van der Waals surface area contributed by atoms with E-state index in [1.54, 1.807) is 18.2 Å². The van der Waals surface area contributed by atoms with Crippen LogP contribution in [0.3, 0.4) is 0 Å². The number of ether oxygens (including phenoxy) is 2. The number of anilines is 2. The number of hydrogen-bond acceptors (Lipinski definition) is 7. The van der Waals surface area contributed by atoms with E-state index in [1.165, 1.54) is 12.4 Å². The Bertz CT molecular complexity index is 1370. The maximum Gasteiger partial charge on any atom is 0.245 e. The topological polar surface area (TPSA) is 89.5 Å². The number of benzene rings is 2. The van der Waals surface area contributed by atoms with Crippen LogP contribution in [0.25, 0.3) is 21.7 Å². The van der Waals surface area contributed by atoms with Crippen LogP contribution in [0, 0.1) is 0 Å². The molecular weight excluding hydrogens is 430 g/mol. The molecule has 0 unspecified atom stereocenters. The molecule has 1 aliphatic rings. The van der Waals surface area contributed by atoms with E-state index in [-0.39, 0.29) is 12.0 Å². The average molecular weight is 456 g/mol. The summed E-state index contributed by atoms with van der Waals surface area (Å²) >= 11 is 0. The van der Waals surface area contributed by atoms with E-state index in [0.717, 1.165) is 40.2 Å². The lowest BCUT2D eigenvalue weighted by Gasteiger charge is -2.31. The van der Waals surface area contributed by atoms with Gasteiger partial charge in [-0.3, -0.25) is 9.78 Å². The number of carbonyl (C=O) groups excluding carboxylic acids is 1. The van der Waals surface area contributed by atoms with Crippen molar-refractivity contribution in [2.45, 2.75) is 18.9 Å². The van der Waals surface area contributed by atoms with Gasteiger partial charge in [-0.2, -0.15) is 0 Å². The summed E-state index contributed by atoms with van der Waals surface area (Å²) in [4.78, 5) is 26.7. The van der Waals surface area contributed by atoms with Gasteiger partial charge in [0.05, 0.1) is 12.6 Å². The van der Waals surface area contributed by atoms with Crippen LogP contribution in [0.5, 0.6) is 11.5 Å². The van der Waals surface area contributed by atoms with E-state index in [1.807, 2.05) is 36.5 Å². The molecule has 3 heterocycles. The van der Waals surface area contributed by atoms with Crippen LogP contribution in [-0.4, -0.2) is 52.1 Å². The molecule has 0 bridgehead atoms. The first-order valence-electron chi connectivity index (χ1n) is 11.2. The van der Waals surface area contributed by atoms with Gasteiger partial charge in [0.15, 0.2) is 11.5 Å². The fraction of sp³-hybridized carbons (Fsp3) is 0.231. The lowest BCUT2D eigenvalue weighted by Crippen LogP contribution is -2.41. The molecule has 1 aliphatic heterocycles. The number of pyridine rings is 1. The summed E-state index contributed by atoms with van der Waals surface area (Å²) in [6.45, 7) is 4.84. The number of carbonyl (C=O) groups is 1. The first kappa shape index (κ1) is 21.6. The van der Waals surface area contributed by atoms with Crippen molar-refractivity contribution in [1.82, 2.24) is 19.9 Å². The molecule has 8 nitrogen and oxygen atoms in total. The van der Waals surface area contributed by atoms with Gasteiger partial charge in [-0.05, 0) is 35.7 Å². The van der Waals surface area contributed by atoms with Gasteiger partial charge in [-0.25, -0.2) is 9.97 Å². The number of hydrogen-bond donors (Lipinski definition) is 1. The minimum atomic E-state index is -0.0421. The molecule has 0 spiro atoms. The van der Waals surface area contributed by atoms with Gasteiger partial charge in [0.1, 0.15) is 18.2 Å². The number of likely N-dealkylation sites (tertiary alicyclic amines) is 1. The van der Waals surface area contributed by atoms with Crippen LogP contribution in [0.15, 0.2) is 67.8 Å². The Labute approximate surface area is 197 Å². The molecule has 2 aromatic heterocycles. The van der Waals surface area contributed by atoms with Crippen LogP contribution in [0.2, 0.25) is 0 Å². The highest BCUT2D eigenvalue weighted by molar-refractivity contribution is 5.94. The third kappa shape index (κ3) is 4.34. The maximum absolute atomic E-state index is 11.9. The van der Waals surface area contributed by atoms with Gasteiger partial charge in [0.2, 0.25) is 5.91 Å². The Balaban J connectivity index is 1.42. The van der Waals surface area contributed by atoms with Crippen LogP contribution in [0.1, 0.15) is 12.8 Å². The van der Waals surface area contributed by atoms with Crippen molar-refractivity contribution in [2.75, 3.05) is 25.5 Å². The summed E-state index contributed by atoms with van der Waals surface area (Å²) in [6.07, 6.45) is 7.96. The van der Waals surface area contributed by atoms with Crippen molar-refractivity contribution in [3.63, 3.8) is 0 Å². The van der Waals surface area contributed by atoms with E-state index in [0.29, 0.717) is 30.4 Å². The fourth-order valence-corrected chi connectivity index (χ4v) is 4.22. The fourth-order valence-electron chi connectivity index (χ4n) is 4.22. The summed E-state index contributed by atoms with van der Waals surface area (Å²) in [5.74, 6) is 1.88. The molecule has 1 fully saturated rings. The van der Waals surface area contributed by atoms with Crippen molar-refractivity contribution in [2.24, 2.45) is 0 Å². The third-order valence-corrected chi connectivity index (χ3v) is 6.05. The minimum Gasteiger partial charge on any atom is -0.493 e. The van der Waals surface area contributed by atoms with Gasteiger partial charge in [-0.1, -0.05) is 12.6 Å². The molecule has 0 saturated carbocycles. The summed E-state index contributed by atoms with van der Waals surface area (Å²) in [7, 11) is 1.61. The van der Waals surface area contributed by atoms with E-state index in [2.05, 4.69) is 32.9 Å². The number of methoxy groups -OCH3 is 1. The molecule has 1 saturated heterocycles. The van der Waals surface area contributed by atoms with Gasteiger partial charge in [0.25, 0.3) is 0 Å². The first-order chi connectivity index (χ1) is 16.6. The van der Waals surface area contributed by atoms with Crippen molar-refractivity contribution in [1.29, 1.82) is 0 Å². The summed E-state index contributed by atoms with van der Waals surface area (Å²) in [5, 5.41) is 6.40. The van der Waals surface area contributed by atoms with Crippen molar-refractivity contribution < 1.29 is 14.3 Å². The second-order valence-electron chi connectivity index (χ2n) is 8.15. The zero-order chi connectivity index (χ0) is 23.5. The first-order valence-corrected chi connectivity index (χ1v) is 11.2. The quantitative estimate of drug-likeness (QED) is 0.429. The maximum atomic E-state index is 11.9. The van der Waals surface area contributed by atoms with Crippen LogP contribution >= 0.6 is 0 Å². The molecule has 0 atom stereocenters. The highest BCUT2D eigenvalue weighted by atomic mass is 16.5. The molecule has 1 N–H and O–H groups in total. The molecule has 172 valence electrons. The molecule has 4 aromatic rings. The molecule has 1 amide bonds. The van der Waals surface area contributed by atoms with Gasteiger partial charge in [0, 0.05) is 60.9 Å². The normalized spacial score (nSPS) is 14.2. The monoisotopic (exact) mass is 455 g/mol. The summed E-state index contributed by atoms with van der Waals surface area (Å²) < 4.78 is 11.9. The Kier molecular flexibility index (Phi) is 5.95. The van der Waals surface area contributed by atoms with E-state index >= 15 is 0 Å². The molecule has 2 aromatic carbocycles. The second-order valence-corrected chi connectivity index (χ2v) is 8.15. The van der Waals surface area contributed by atoms with Crippen molar-refractivity contribution in [3.8, 4) is 11.5 Å². The predicted octanol–water partition coefficient (Wildman–Crippen LogP) is 4.49. The lowest BCUT2D eigenvalue weighted by molar-refractivity contribution is -0.127. The number of amides is 1. The SMILES string of the molecule is C=CC(=O)N1CCC(Oc2cc3c(Nc4ccc5cnccc5c4)ncnc3cc2OC)CC1. The zero-order valence-electron chi connectivity index (χ0n) is 18.9. The third-order valence-electron chi connectivity index (χ3n) is 6.05. The molecule has 8 heteroatoms. The van der Waals surface area contributed by atoms with Gasteiger partial charge >= 0.3 is 0 Å². The largest absolute Gasteiger partial charge is 0.493 e. The number of piperidine rings is 1. The number of fused-ring (bicyclic) bond motifs is 2. The smallest absolute Gasteiger partial charge is 0.245 e. The molecule has 34 heavy (non-hydrogen) atoms. The average Bonchev–Trinajstić information content (AvgIpc) is 2.88. The predicted molar refractivity (Wildman–Crippen MR) is 132 cm³/mol. The van der Waals surface area contributed by atoms with E-state index in [9.17, 15) is 4.79 Å². The van der Waals surface area contributed by atoms with Crippen LogP contribution < -0.4 is 14.8 Å². The minimum absolute atomic E-state index is 0.0182. The number of nitrogens with one attached hydrogen (secondary N) is 1. The van der Waals surface area contributed by atoms with E-state index < -0.39 is 0 Å². The lowest BCUT2D eigenvalue weighted by atomic mass is 10.1. The van der Waals surface area contributed by atoms with Gasteiger partial charge in [-0.15, -0.1) is 0 Å². The number of rotatable bonds is 6. The second kappa shape index (κ2) is 9.35. The highest BCUT2D eigenvalue weighted by Crippen LogP contribution is 2.36. The Morgan fingerprint density at radius 2 is 1.97 bits per heavy atom. The Morgan fingerprint density at radius 3 is 2.76 bits per heavy atom. The zero-order valence-corrected chi connectivity index (χ0v) is 18.9. The van der Waals surface area contributed by atoms with Crippen molar-refractivity contribution >= 4 is 39.1 Å². The highest BCUT2D eigenvalue weighted by Gasteiger charge is 2.24. The van der Waals surface area contributed by atoms with Gasteiger partial charge < -0.3 is 19.7 Å². The number of nitrogens with zero attached hydrogens (tertiary/aromatic N) is 4. The van der Waals surface area contributed by atoms with E-state index in [4.69, 9.17) is 9.47 Å². The molecular formula is C26H25N5O3. The molecule has 0 radical (unpaired) electrons. The van der Waals surface area contributed by atoms with Crippen molar-refractivity contribution in [3.05, 3.63) is 67.8 Å². The summed E-state index contributed by atoms with van der Waals surface area (Å²) in [6, 6.07) is 11.8. The van der Waals surface area contributed by atoms with Crippen LogP contribution in [-0.2, 0) is 4.79 Å². The molecule has 5 rings (SSSR count). The Hall–Kier alpha value is -4.20.